The van der Waals surface area contributed by atoms with Gasteiger partial charge in [-0.1, -0.05) is 67.6 Å². The summed E-state index contributed by atoms with van der Waals surface area (Å²) in [6.07, 6.45) is 7.50. The lowest BCUT2D eigenvalue weighted by Gasteiger charge is -2.30. The van der Waals surface area contributed by atoms with Gasteiger partial charge in [0.2, 0.25) is 5.91 Å². The number of benzene rings is 2. The summed E-state index contributed by atoms with van der Waals surface area (Å²) in [5.41, 5.74) is 1.88. The summed E-state index contributed by atoms with van der Waals surface area (Å²) in [6.45, 7) is 5.22. The third-order valence-electron chi connectivity index (χ3n) is 6.64. The molecule has 1 saturated heterocycles. The van der Waals surface area contributed by atoms with Gasteiger partial charge in [-0.25, -0.2) is 0 Å². The van der Waals surface area contributed by atoms with Crippen molar-refractivity contribution in [3.8, 4) is 12.3 Å². The van der Waals surface area contributed by atoms with Crippen LogP contribution in [0.4, 0.5) is 0 Å². The molecule has 0 bridgehead atoms. The number of carbonyl (C=O) groups is 1. The molecule has 2 heterocycles. The van der Waals surface area contributed by atoms with Crippen LogP contribution < -0.4 is 5.32 Å². The van der Waals surface area contributed by atoms with Crippen LogP contribution in [0, 0.1) is 18.3 Å². The number of rotatable bonds is 9. The lowest BCUT2D eigenvalue weighted by molar-refractivity contribution is -0.126. The molecule has 0 radical (unpaired) electrons. The standard InChI is InChI=1S/C26H30N4O/c1-3-4-15-26(28-29-26)16-17-27-24(31)23-19-30(18-21-11-7-5-8-12-21)20-25(23,2)22-13-9-6-10-14-22/h1,5-14,23H,4,15-20H2,2H3,(H,27,31)/t23-,25-/m1/s1. The maximum atomic E-state index is 13.3. The number of likely N-dealkylation sites (tertiary alicyclic amines) is 1. The average Bonchev–Trinajstić information content (AvgIpc) is 3.48. The quantitative estimate of drug-likeness (QED) is 0.627. The van der Waals surface area contributed by atoms with E-state index in [-0.39, 0.29) is 22.9 Å². The monoisotopic (exact) mass is 414 g/mol. The fourth-order valence-corrected chi connectivity index (χ4v) is 4.72. The fraction of sp³-hybridized carbons (Fsp3) is 0.423. The van der Waals surface area contributed by atoms with Crippen LogP contribution in [-0.2, 0) is 16.8 Å². The molecule has 0 aliphatic carbocycles. The molecule has 2 aliphatic heterocycles. The van der Waals surface area contributed by atoms with Gasteiger partial charge in [0.05, 0.1) is 5.92 Å². The molecule has 160 valence electrons. The predicted octanol–water partition coefficient (Wildman–Crippen LogP) is 4.16. The Hall–Kier alpha value is -2.97. The maximum Gasteiger partial charge on any atom is 0.225 e. The van der Waals surface area contributed by atoms with Crippen molar-refractivity contribution in [1.82, 2.24) is 10.2 Å². The van der Waals surface area contributed by atoms with Crippen molar-refractivity contribution in [3.05, 3.63) is 71.8 Å². The Morgan fingerprint density at radius 2 is 1.81 bits per heavy atom. The summed E-state index contributed by atoms with van der Waals surface area (Å²) >= 11 is 0. The second-order valence-corrected chi connectivity index (χ2v) is 8.92. The zero-order valence-electron chi connectivity index (χ0n) is 18.1. The van der Waals surface area contributed by atoms with Gasteiger partial charge >= 0.3 is 0 Å². The van der Waals surface area contributed by atoms with Gasteiger partial charge in [0.1, 0.15) is 0 Å². The summed E-state index contributed by atoms with van der Waals surface area (Å²) < 4.78 is 0. The highest BCUT2D eigenvalue weighted by atomic mass is 16.2. The van der Waals surface area contributed by atoms with Crippen molar-refractivity contribution in [2.75, 3.05) is 19.6 Å². The van der Waals surface area contributed by atoms with Gasteiger partial charge in [0.25, 0.3) is 0 Å². The highest BCUT2D eigenvalue weighted by Gasteiger charge is 2.48. The molecular weight excluding hydrogens is 384 g/mol. The third kappa shape index (κ3) is 4.86. The van der Waals surface area contributed by atoms with E-state index in [1.807, 2.05) is 12.1 Å². The van der Waals surface area contributed by atoms with Gasteiger partial charge in [-0.3, -0.25) is 9.69 Å². The van der Waals surface area contributed by atoms with Gasteiger partial charge in [0, 0.05) is 50.9 Å². The smallest absolute Gasteiger partial charge is 0.225 e. The van der Waals surface area contributed by atoms with Crippen molar-refractivity contribution in [1.29, 1.82) is 0 Å². The molecule has 2 aliphatic rings. The van der Waals surface area contributed by atoms with Crippen LogP contribution >= 0.6 is 0 Å². The Bertz CT molecular complexity index is 960. The first-order chi connectivity index (χ1) is 15.0. The second-order valence-electron chi connectivity index (χ2n) is 8.92. The minimum Gasteiger partial charge on any atom is -0.356 e. The Morgan fingerprint density at radius 1 is 1.13 bits per heavy atom. The molecule has 1 N–H and O–H groups in total. The topological polar surface area (TPSA) is 57.1 Å². The lowest BCUT2D eigenvalue weighted by atomic mass is 9.73. The van der Waals surface area contributed by atoms with Crippen LogP contribution in [0.15, 0.2) is 70.9 Å². The molecule has 31 heavy (non-hydrogen) atoms. The average molecular weight is 415 g/mol. The van der Waals surface area contributed by atoms with Crippen molar-refractivity contribution >= 4 is 5.91 Å². The number of nitrogens with one attached hydrogen (secondary N) is 1. The molecule has 1 amide bonds. The van der Waals surface area contributed by atoms with E-state index in [0.717, 1.165) is 26.1 Å². The molecule has 5 heteroatoms. The molecule has 2 aromatic rings. The summed E-state index contributed by atoms with van der Waals surface area (Å²) in [5, 5.41) is 11.5. The molecule has 2 atom stereocenters. The van der Waals surface area contributed by atoms with Gasteiger partial charge in [-0.05, 0) is 11.1 Å². The Morgan fingerprint density at radius 3 is 2.45 bits per heavy atom. The zero-order valence-corrected chi connectivity index (χ0v) is 18.1. The highest BCUT2D eigenvalue weighted by Crippen LogP contribution is 2.40. The van der Waals surface area contributed by atoms with Gasteiger partial charge in [0.15, 0.2) is 5.66 Å². The van der Waals surface area contributed by atoms with Crippen molar-refractivity contribution in [2.24, 2.45) is 16.1 Å². The largest absolute Gasteiger partial charge is 0.356 e. The number of carbonyl (C=O) groups excluding carboxylic acids is 1. The van der Waals surface area contributed by atoms with Crippen LogP contribution in [-0.4, -0.2) is 36.1 Å². The van der Waals surface area contributed by atoms with E-state index in [0.29, 0.717) is 19.4 Å². The fourth-order valence-electron chi connectivity index (χ4n) is 4.72. The summed E-state index contributed by atoms with van der Waals surface area (Å²) in [4.78, 5) is 15.7. The molecule has 0 spiro atoms. The highest BCUT2D eigenvalue weighted by molar-refractivity contribution is 5.81. The number of hydrogen-bond acceptors (Lipinski definition) is 4. The van der Waals surface area contributed by atoms with E-state index < -0.39 is 0 Å². The number of terminal acetylenes is 1. The van der Waals surface area contributed by atoms with Crippen molar-refractivity contribution in [2.45, 2.75) is 43.8 Å². The molecule has 0 aromatic heterocycles. The zero-order chi connectivity index (χ0) is 21.7. The summed E-state index contributed by atoms with van der Waals surface area (Å²) in [7, 11) is 0. The minimum atomic E-state index is -0.364. The van der Waals surface area contributed by atoms with Crippen LogP contribution in [0.5, 0.6) is 0 Å². The second kappa shape index (κ2) is 9.03. The first-order valence-corrected chi connectivity index (χ1v) is 11.0. The maximum absolute atomic E-state index is 13.3. The van der Waals surface area contributed by atoms with E-state index in [1.165, 1.54) is 11.1 Å². The van der Waals surface area contributed by atoms with E-state index in [4.69, 9.17) is 6.42 Å². The Balaban J connectivity index is 1.44. The van der Waals surface area contributed by atoms with E-state index in [1.54, 1.807) is 0 Å². The van der Waals surface area contributed by atoms with Crippen LogP contribution in [0.2, 0.25) is 0 Å². The third-order valence-corrected chi connectivity index (χ3v) is 6.64. The lowest BCUT2D eigenvalue weighted by Crippen LogP contribution is -2.43. The number of hydrogen-bond donors (Lipinski definition) is 1. The molecule has 0 unspecified atom stereocenters. The first kappa shape index (κ1) is 21.3. The molecule has 1 fully saturated rings. The predicted molar refractivity (Wildman–Crippen MR) is 122 cm³/mol. The van der Waals surface area contributed by atoms with Crippen molar-refractivity contribution < 1.29 is 4.79 Å². The molecule has 2 aromatic carbocycles. The Labute approximate surface area is 185 Å². The van der Waals surface area contributed by atoms with Gasteiger partial charge in [-0.15, -0.1) is 12.3 Å². The van der Waals surface area contributed by atoms with E-state index in [9.17, 15) is 4.79 Å². The molecular formula is C26H30N4O. The molecule has 5 nitrogen and oxygen atoms in total. The van der Waals surface area contributed by atoms with Crippen LogP contribution in [0.3, 0.4) is 0 Å². The number of nitrogens with zero attached hydrogens (tertiary/aromatic N) is 3. The van der Waals surface area contributed by atoms with Crippen LogP contribution in [0.25, 0.3) is 0 Å². The normalized spacial score (nSPS) is 23.9. The van der Waals surface area contributed by atoms with Crippen molar-refractivity contribution in [3.63, 3.8) is 0 Å². The minimum absolute atomic E-state index is 0.106. The first-order valence-electron chi connectivity index (χ1n) is 11.0. The summed E-state index contributed by atoms with van der Waals surface area (Å²) in [5.74, 6) is 2.64. The van der Waals surface area contributed by atoms with Gasteiger partial charge in [-0.2, -0.15) is 10.2 Å². The van der Waals surface area contributed by atoms with Crippen LogP contribution in [0.1, 0.15) is 37.3 Å². The summed E-state index contributed by atoms with van der Waals surface area (Å²) in [6, 6.07) is 20.9. The van der Waals surface area contributed by atoms with E-state index >= 15 is 0 Å². The Kier molecular flexibility index (Phi) is 6.20. The molecule has 0 saturated carbocycles. The van der Waals surface area contributed by atoms with E-state index in [2.05, 4.69) is 81.8 Å². The van der Waals surface area contributed by atoms with Gasteiger partial charge < -0.3 is 5.32 Å². The number of amides is 1. The molecule has 4 rings (SSSR count). The SMILES string of the molecule is C#CCCC1(CCNC(=O)[C@H]2CN(Cc3ccccc3)C[C@]2(C)c2ccccc2)N=N1.